The van der Waals surface area contributed by atoms with E-state index in [-0.39, 0.29) is 0 Å². The monoisotopic (exact) mass is 296 g/mol. The van der Waals surface area contributed by atoms with E-state index in [0.29, 0.717) is 11.2 Å². The summed E-state index contributed by atoms with van der Waals surface area (Å²) < 4.78 is 0. The van der Waals surface area contributed by atoms with Crippen molar-refractivity contribution in [1.29, 1.82) is 0 Å². The standard InChI is InChI=1S/C15H21ClN2S/c1-2-6-13-12(9-10-14(16)18-13)15(19)17-11-7-4-3-5-8-11/h9-11H,2-8H2,1H3,(H,17,19). The fourth-order valence-corrected chi connectivity index (χ4v) is 3.14. The van der Waals surface area contributed by atoms with Crippen molar-refractivity contribution >= 4 is 28.8 Å². The predicted octanol–water partition coefficient (Wildman–Crippen LogP) is 4.29. The van der Waals surface area contributed by atoms with Crippen molar-refractivity contribution < 1.29 is 0 Å². The zero-order valence-electron chi connectivity index (χ0n) is 11.4. The van der Waals surface area contributed by atoms with Crippen LogP contribution in [0.2, 0.25) is 5.15 Å². The topological polar surface area (TPSA) is 24.9 Å². The molecular weight excluding hydrogens is 276 g/mol. The van der Waals surface area contributed by atoms with Crippen LogP contribution in [0, 0.1) is 0 Å². The van der Waals surface area contributed by atoms with Gasteiger partial charge in [-0.15, -0.1) is 0 Å². The number of hydrogen-bond acceptors (Lipinski definition) is 2. The molecule has 1 aliphatic rings. The molecule has 0 atom stereocenters. The normalized spacial score (nSPS) is 16.3. The minimum atomic E-state index is 0.534. The molecule has 1 heterocycles. The lowest BCUT2D eigenvalue weighted by Crippen LogP contribution is -2.36. The molecule has 1 fully saturated rings. The fraction of sp³-hybridized carbons (Fsp3) is 0.600. The molecule has 1 saturated carbocycles. The summed E-state index contributed by atoms with van der Waals surface area (Å²) in [7, 11) is 0. The predicted molar refractivity (Wildman–Crippen MR) is 85.0 cm³/mol. The van der Waals surface area contributed by atoms with E-state index in [1.807, 2.05) is 12.1 Å². The van der Waals surface area contributed by atoms with E-state index in [4.69, 9.17) is 23.8 Å². The quantitative estimate of drug-likeness (QED) is 0.663. The van der Waals surface area contributed by atoms with Crippen LogP contribution in [-0.4, -0.2) is 16.0 Å². The van der Waals surface area contributed by atoms with Crippen molar-refractivity contribution in [1.82, 2.24) is 10.3 Å². The summed E-state index contributed by atoms with van der Waals surface area (Å²) in [5.74, 6) is 0. The maximum atomic E-state index is 5.97. The SMILES string of the molecule is CCCc1nc(Cl)ccc1C(=S)NC1CCCCC1. The van der Waals surface area contributed by atoms with Crippen molar-refractivity contribution in [2.45, 2.75) is 57.9 Å². The highest BCUT2D eigenvalue weighted by atomic mass is 35.5. The van der Waals surface area contributed by atoms with Gasteiger partial charge in [-0.25, -0.2) is 4.98 Å². The van der Waals surface area contributed by atoms with Crippen LogP contribution in [-0.2, 0) is 6.42 Å². The number of nitrogens with zero attached hydrogens (tertiary/aromatic N) is 1. The lowest BCUT2D eigenvalue weighted by molar-refractivity contribution is 0.415. The van der Waals surface area contributed by atoms with Crippen molar-refractivity contribution in [2.24, 2.45) is 0 Å². The fourth-order valence-electron chi connectivity index (χ4n) is 2.62. The second kappa shape index (κ2) is 7.20. The Hall–Kier alpha value is -0.670. The number of aromatic nitrogens is 1. The third-order valence-corrected chi connectivity index (χ3v) is 4.16. The Kier molecular flexibility index (Phi) is 5.59. The molecule has 0 unspecified atom stereocenters. The highest BCUT2D eigenvalue weighted by molar-refractivity contribution is 7.80. The Morgan fingerprint density at radius 3 is 2.79 bits per heavy atom. The minimum Gasteiger partial charge on any atom is -0.373 e. The van der Waals surface area contributed by atoms with Gasteiger partial charge in [-0.2, -0.15) is 0 Å². The highest BCUT2D eigenvalue weighted by Crippen LogP contribution is 2.19. The zero-order chi connectivity index (χ0) is 13.7. The first kappa shape index (κ1) is 14.7. The lowest BCUT2D eigenvalue weighted by Gasteiger charge is -2.24. The van der Waals surface area contributed by atoms with E-state index >= 15 is 0 Å². The van der Waals surface area contributed by atoms with Crippen LogP contribution in [0.25, 0.3) is 0 Å². The van der Waals surface area contributed by atoms with E-state index in [1.54, 1.807) is 0 Å². The first-order chi connectivity index (χ1) is 9.20. The van der Waals surface area contributed by atoms with Gasteiger partial charge in [-0.05, 0) is 31.4 Å². The average Bonchev–Trinajstić information content (AvgIpc) is 2.40. The summed E-state index contributed by atoms with van der Waals surface area (Å²) in [4.78, 5) is 5.25. The zero-order valence-corrected chi connectivity index (χ0v) is 13.0. The number of halogens is 1. The van der Waals surface area contributed by atoms with E-state index < -0.39 is 0 Å². The van der Waals surface area contributed by atoms with Gasteiger partial charge in [0, 0.05) is 11.6 Å². The number of rotatable bonds is 4. The maximum absolute atomic E-state index is 5.97. The molecule has 0 aromatic carbocycles. The van der Waals surface area contributed by atoms with Crippen LogP contribution in [0.4, 0.5) is 0 Å². The maximum Gasteiger partial charge on any atom is 0.129 e. The minimum absolute atomic E-state index is 0.534. The van der Waals surface area contributed by atoms with Crippen LogP contribution in [0.15, 0.2) is 12.1 Å². The van der Waals surface area contributed by atoms with Crippen LogP contribution in [0.5, 0.6) is 0 Å². The number of pyridine rings is 1. The van der Waals surface area contributed by atoms with E-state index in [2.05, 4.69) is 17.2 Å². The largest absolute Gasteiger partial charge is 0.373 e. The van der Waals surface area contributed by atoms with Gasteiger partial charge >= 0.3 is 0 Å². The number of hydrogen-bond donors (Lipinski definition) is 1. The molecule has 104 valence electrons. The van der Waals surface area contributed by atoms with Crippen LogP contribution in [0.3, 0.4) is 0 Å². The molecular formula is C15H21ClN2S. The van der Waals surface area contributed by atoms with Gasteiger partial charge in [0.1, 0.15) is 10.1 Å². The second-order valence-electron chi connectivity index (χ2n) is 5.19. The summed E-state index contributed by atoms with van der Waals surface area (Å²) in [6.07, 6.45) is 8.39. The number of nitrogens with one attached hydrogen (secondary N) is 1. The molecule has 0 bridgehead atoms. The first-order valence-corrected chi connectivity index (χ1v) is 7.95. The molecule has 2 nitrogen and oxygen atoms in total. The molecule has 1 N–H and O–H groups in total. The molecule has 1 aromatic heterocycles. The van der Waals surface area contributed by atoms with E-state index in [0.717, 1.165) is 29.1 Å². The van der Waals surface area contributed by atoms with Crippen molar-refractivity contribution in [3.05, 3.63) is 28.5 Å². The summed E-state index contributed by atoms with van der Waals surface area (Å²) in [6, 6.07) is 4.36. The average molecular weight is 297 g/mol. The van der Waals surface area contributed by atoms with Crippen LogP contribution >= 0.6 is 23.8 Å². The smallest absolute Gasteiger partial charge is 0.129 e. The summed E-state index contributed by atoms with van der Waals surface area (Å²) in [5.41, 5.74) is 2.06. The van der Waals surface area contributed by atoms with Gasteiger partial charge in [-0.1, -0.05) is 56.4 Å². The summed E-state index contributed by atoms with van der Waals surface area (Å²) in [6.45, 7) is 2.14. The van der Waals surface area contributed by atoms with Gasteiger partial charge in [-0.3, -0.25) is 0 Å². The third-order valence-electron chi connectivity index (χ3n) is 3.61. The van der Waals surface area contributed by atoms with Crippen molar-refractivity contribution in [3.8, 4) is 0 Å². The van der Waals surface area contributed by atoms with Crippen LogP contribution in [0.1, 0.15) is 56.7 Å². The van der Waals surface area contributed by atoms with Gasteiger partial charge < -0.3 is 5.32 Å². The van der Waals surface area contributed by atoms with Crippen molar-refractivity contribution in [3.63, 3.8) is 0 Å². The summed E-state index contributed by atoms with van der Waals surface area (Å²) in [5, 5.41) is 4.05. The molecule has 0 aliphatic heterocycles. The molecule has 2 rings (SSSR count). The molecule has 1 aromatic rings. The van der Waals surface area contributed by atoms with Crippen molar-refractivity contribution in [2.75, 3.05) is 0 Å². The Morgan fingerprint density at radius 1 is 1.37 bits per heavy atom. The molecule has 0 spiro atoms. The first-order valence-electron chi connectivity index (χ1n) is 7.17. The number of thiocarbonyl (C=S) groups is 1. The molecule has 0 saturated heterocycles. The third kappa shape index (κ3) is 4.15. The molecule has 1 aliphatic carbocycles. The molecule has 19 heavy (non-hydrogen) atoms. The Bertz CT molecular complexity index is 442. The molecule has 0 radical (unpaired) electrons. The Morgan fingerprint density at radius 2 is 2.11 bits per heavy atom. The highest BCUT2D eigenvalue weighted by Gasteiger charge is 2.16. The second-order valence-corrected chi connectivity index (χ2v) is 5.98. The van der Waals surface area contributed by atoms with Gasteiger partial charge in [0.15, 0.2) is 0 Å². The van der Waals surface area contributed by atoms with Gasteiger partial charge in [0.2, 0.25) is 0 Å². The lowest BCUT2D eigenvalue weighted by atomic mass is 9.95. The van der Waals surface area contributed by atoms with E-state index in [9.17, 15) is 0 Å². The summed E-state index contributed by atoms with van der Waals surface area (Å²) >= 11 is 11.5. The van der Waals surface area contributed by atoms with Gasteiger partial charge in [0.05, 0.1) is 5.69 Å². The van der Waals surface area contributed by atoms with Gasteiger partial charge in [0.25, 0.3) is 0 Å². The van der Waals surface area contributed by atoms with Crippen LogP contribution < -0.4 is 5.32 Å². The number of aryl methyl sites for hydroxylation is 1. The molecule has 0 amide bonds. The van der Waals surface area contributed by atoms with E-state index in [1.165, 1.54) is 32.1 Å². The Labute approximate surface area is 126 Å². The molecule has 4 heteroatoms. The Balaban J connectivity index is 2.08.